The molecule has 0 atom stereocenters. The van der Waals surface area contributed by atoms with Crippen LogP contribution >= 0.6 is 0 Å². The summed E-state index contributed by atoms with van der Waals surface area (Å²) in [5.41, 5.74) is -1.55. The van der Waals surface area contributed by atoms with Crippen molar-refractivity contribution in [3.05, 3.63) is 80.3 Å². The SMILES string of the molecule is O=[N+]([O-])c1cc(Nc2ncc(F)c(Nc3ccc(F)c([N+](=O)[O-])c3)n2)ccc1F. The Kier molecular flexibility index (Phi) is 5.21. The van der Waals surface area contributed by atoms with Crippen molar-refractivity contribution in [2.45, 2.75) is 0 Å². The Labute approximate surface area is 159 Å². The molecule has 0 saturated carbocycles. The van der Waals surface area contributed by atoms with Crippen LogP contribution < -0.4 is 10.6 Å². The molecule has 13 heteroatoms. The van der Waals surface area contributed by atoms with E-state index < -0.39 is 44.5 Å². The molecule has 2 N–H and O–H groups in total. The van der Waals surface area contributed by atoms with E-state index in [4.69, 9.17) is 0 Å². The van der Waals surface area contributed by atoms with Gasteiger partial charge in [-0.3, -0.25) is 20.2 Å². The third-order valence-corrected chi connectivity index (χ3v) is 3.55. The van der Waals surface area contributed by atoms with E-state index in [1.807, 2.05) is 0 Å². The van der Waals surface area contributed by atoms with Crippen LogP contribution in [-0.4, -0.2) is 19.8 Å². The largest absolute Gasteiger partial charge is 0.337 e. The highest BCUT2D eigenvalue weighted by Crippen LogP contribution is 2.27. The summed E-state index contributed by atoms with van der Waals surface area (Å²) in [5.74, 6) is -3.64. The van der Waals surface area contributed by atoms with Crippen molar-refractivity contribution in [2.24, 2.45) is 0 Å². The fraction of sp³-hybridized carbons (Fsp3) is 0. The lowest BCUT2D eigenvalue weighted by molar-refractivity contribution is -0.387. The van der Waals surface area contributed by atoms with Crippen LogP contribution in [0.2, 0.25) is 0 Å². The second-order valence-corrected chi connectivity index (χ2v) is 5.49. The zero-order chi connectivity index (χ0) is 21.1. The minimum atomic E-state index is -1.07. The maximum atomic E-state index is 14.0. The van der Waals surface area contributed by atoms with Crippen molar-refractivity contribution in [1.29, 1.82) is 0 Å². The first-order valence-electron chi connectivity index (χ1n) is 7.69. The molecule has 3 rings (SSSR count). The molecule has 3 aromatic rings. The molecule has 2 aromatic carbocycles. The van der Waals surface area contributed by atoms with Gasteiger partial charge in [0, 0.05) is 23.5 Å². The predicted molar refractivity (Wildman–Crippen MR) is 94.7 cm³/mol. The Morgan fingerprint density at radius 3 is 1.83 bits per heavy atom. The van der Waals surface area contributed by atoms with Gasteiger partial charge >= 0.3 is 11.4 Å². The van der Waals surface area contributed by atoms with Crippen LogP contribution in [0.5, 0.6) is 0 Å². The third kappa shape index (κ3) is 4.35. The van der Waals surface area contributed by atoms with Crippen LogP contribution in [0.4, 0.5) is 47.7 Å². The zero-order valence-electron chi connectivity index (χ0n) is 14.1. The number of hydrogen-bond donors (Lipinski definition) is 2. The number of halogens is 3. The standard InChI is InChI=1S/C16H9F3N6O4/c17-10-3-1-8(5-13(10)24(26)27)21-15-12(19)7-20-16(23-15)22-9-2-4-11(18)14(6-9)25(28)29/h1-7H,(H2,20,21,22,23). The van der Waals surface area contributed by atoms with E-state index in [-0.39, 0.29) is 17.3 Å². The predicted octanol–water partition coefficient (Wildman–Crippen LogP) is 4.20. The van der Waals surface area contributed by atoms with E-state index in [2.05, 4.69) is 20.6 Å². The first kappa shape index (κ1) is 19.5. The summed E-state index contributed by atoms with van der Waals surface area (Å²) in [6, 6.07) is 5.77. The fourth-order valence-electron chi connectivity index (χ4n) is 2.24. The van der Waals surface area contributed by atoms with Crippen molar-refractivity contribution in [2.75, 3.05) is 10.6 Å². The molecule has 10 nitrogen and oxygen atoms in total. The van der Waals surface area contributed by atoms with Crippen LogP contribution in [0.1, 0.15) is 0 Å². The average molecular weight is 406 g/mol. The lowest BCUT2D eigenvalue weighted by Gasteiger charge is -2.10. The number of nitrogens with one attached hydrogen (secondary N) is 2. The van der Waals surface area contributed by atoms with Crippen LogP contribution in [-0.2, 0) is 0 Å². The van der Waals surface area contributed by atoms with Gasteiger partial charge in [-0.15, -0.1) is 0 Å². The lowest BCUT2D eigenvalue weighted by Crippen LogP contribution is -2.04. The molecule has 0 unspecified atom stereocenters. The van der Waals surface area contributed by atoms with E-state index in [9.17, 15) is 33.4 Å². The molecule has 0 spiro atoms. The van der Waals surface area contributed by atoms with Gasteiger partial charge in [-0.1, -0.05) is 0 Å². The van der Waals surface area contributed by atoms with Crippen LogP contribution in [0.3, 0.4) is 0 Å². The summed E-state index contributed by atoms with van der Waals surface area (Å²) in [4.78, 5) is 27.2. The number of rotatable bonds is 6. The van der Waals surface area contributed by atoms with Gasteiger partial charge in [0.25, 0.3) is 0 Å². The van der Waals surface area contributed by atoms with E-state index >= 15 is 0 Å². The van der Waals surface area contributed by atoms with Crippen LogP contribution in [0, 0.1) is 37.7 Å². The van der Waals surface area contributed by atoms with Crippen LogP contribution in [0.15, 0.2) is 42.6 Å². The van der Waals surface area contributed by atoms with E-state index in [0.717, 1.165) is 36.5 Å². The minimum Gasteiger partial charge on any atom is -0.337 e. The van der Waals surface area contributed by atoms with Crippen molar-refractivity contribution in [3.8, 4) is 0 Å². The second kappa shape index (κ2) is 7.75. The van der Waals surface area contributed by atoms with Gasteiger partial charge in [-0.25, -0.2) is 9.37 Å². The molecule has 0 aliphatic carbocycles. The van der Waals surface area contributed by atoms with Gasteiger partial charge in [-0.05, 0) is 24.3 Å². The smallest absolute Gasteiger partial charge is 0.306 e. The monoisotopic (exact) mass is 406 g/mol. The molecule has 0 aliphatic heterocycles. The van der Waals surface area contributed by atoms with Crippen molar-refractivity contribution >= 4 is 34.5 Å². The number of nitro benzene ring substituents is 2. The third-order valence-electron chi connectivity index (χ3n) is 3.55. The Morgan fingerprint density at radius 1 is 0.793 bits per heavy atom. The van der Waals surface area contributed by atoms with Crippen molar-refractivity contribution in [1.82, 2.24) is 9.97 Å². The average Bonchev–Trinajstić information content (AvgIpc) is 2.67. The molecule has 1 heterocycles. The maximum absolute atomic E-state index is 14.0. The van der Waals surface area contributed by atoms with Gasteiger partial charge in [0.15, 0.2) is 11.6 Å². The van der Waals surface area contributed by atoms with Gasteiger partial charge in [0.1, 0.15) is 0 Å². The molecule has 148 valence electrons. The minimum absolute atomic E-state index is 0.0147. The summed E-state index contributed by atoms with van der Waals surface area (Å²) in [6.07, 6.45) is 0.771. The second-order valence-electron chi connectivity index (χ2n) is 5.49. The van der Waals surface area contributed by atoms with E-state index in [1.54, 1.807) is 0 Å². The topological polar surface area (TPSA) is 136 Å². The molecule has 29 heavy (non-hydrogen) atoms. The molecule has 0 amide bonds. The number of aromatic nitrogens is 2. The summed E-state index contributed by atoms with van der Waals surface area (Å²) >= 11 is 0. The molecular formula is C16H9F3N6O4. The highest BCUT2D eigenvalue weighted by atomic mass is 19.1. The van der Waals surface area contributed by atoms with E-state index in [0.29, 0.717) is 0 Å². The van der Waals surface area contributed by atoms with Gasteiger partial charge in [0.05, 0.1) is 16.0 Å². The fourth-order valence-corrected chi connectivity index (χ4v) is 2.24. The lowest BCUT2D eigenvalue weighted by atomic mass is 10.2. The molecule has 0 radical (unpaired) electrons. The Hall–Kier alpha value is -4.29. The summed E-state index contributed by atoms with van der Waals surface area (Å²) in [7, 11) is 0. The van der Waals surface area contributed by atoms with Gasteiger partial charge in [-0.2, -0.15) is 13.8 Å². The quantitative estimate of drug-likeness (QED) is 0.459. The maximum Gasteiger partial charge on any atom is 0.306 e. The number of nitro groups is 2. The first-order valence-corrected chi connectivity index (χ1v) is 7.69. The van der Waals surface area contributed by atoms with Gasteiger partial charge in [0.2, 0.25) is 17.6 Å². The van der Waals surface area contributed by atoms with Crippen LogP contribution in [0.25, 0.3) is 0 Å². The molecule has 0 saturated heterocycles. The van der Waals surface area contributed by atoms with Gasteiger partial charge < -0.3 is 10.6 Å². The number of benzene rings is 2. The molecule has 0 fully saturated rings. The Morgan fingerprint density at radius 2 is 1.31 bits per heavy atom. The van der Waals surface area contributed by atoms with Crippen molar-refractivity contribution in [3.63, 3.8) is 0 Å². The Bertz CT molecular complexity index is 1130. The highest BCUT2D eigenvalue weighted by molar-refractivity contribution is 5.63. The molecule has 0 aliphatic rings. The number of nitrogens with zero attached hydrogens (tertiary/aromatic N) is 4. The normalized spacial score (nSPS) is 10.4. The molecule has 0 bridgehead atoms. The number of anilines is 4. The first-order chi connectivity index (χ1) is 13.7. The highest BCUT2D eigenvalue weighted by Gasteiger charge is 2.17. The number of hydrogen-bond acceptors (Lipinski definition) is 8. The Balaban J connectivity index is 1.87. The van der Waals surface area contributed by atoms with E-state index in [1.165, 1.54) is 6.07 Å². The summed E-state index contributed by atoms with van der Waals surface area (Å²) in [5, 5.41) is 26.6. The zero-order valence-corrected chi connectivity index (χ0v) is 14.1. The van der Waals surface area contributed by atoms with Crippen molar-refractivity contribution < 1.29 is 23.0 Å². The molecular weight excluding hydrogens is 397 g/mol. The molecule has 1 aromatic heterocycles. The summed E-state index contributed by atoms with van der Waals surface area (Å²) in [6.45, 7) is 0. The summed E-state index contributed by atoms with van der Waals surface area (Å²) < 4.78 is 40.8.